The molecule has 0 bridgehead atoms. The number of aromatic nitrogens is 1. The maximum Gasteiger partial charge on any atom is 0.135 e. The smallest absolute Gasteiger partial charge is 0.135 e. The molecule has 1 heterocycles. The number of pyridine rings is 1. The molecule has 4 heteroatoms. The molecule has 0 saturated carbocycles. The van der Waals surface area contributed by atoms with Crippen LogP contribution in [-0.4, -0.2) is 17.2 Å². The summed E-state index contributed by atoms with van der Waals surface area (Å²) in [5, 5.41) is 12.2. The zero-order valence-corrected chi connectivity index (χ0v) is 9.64. The molecule has 18 heavy (non-hydrogen) atoms. The number of aromatic hydroxyl groups is 1. The number of phenolic OH excluding ortho intramolecular Hbond substituents is 1. The average molecular weight is 243 g/mol. The van der Waals surface area contributed by atoms with Crippen molar-refractivity contribution >= 4 is 21.5 Å². The normalized spacial score (nSPS) is 11.0. The largest absolute Gasteiger partial charge is 0.506 e. The van der Waals surface area contributed by atoms with Gasteiger partial charge in [0.15, 0.2) is 0 Å². The van der Waals surface area contributed by atoms with E-state index in [9.17, 15) is 9.50 Å². The summed E-state index contributed by atoms with van der Waals surface area (Å²) in [6.07, 6.45) is 3.14. The summed E-state index contributed by atoms with van der Waals surface area (Å²) in [4.78, 5) is 3.94. The van der Waals surface area contributed by atoms with E-state index in [1.165, 1.54) is 19.4 Å². The minimum absolute atomic E-state index is 0.105. The van der Waals surface area contributed by atoms with Crippen molar-refractivity contribution in [2.24, 2.45) is 0 Å². The van der Waals surface area contributed by atoms with E-state index in [1.807, 2.05) is 0 Å². The summed E-state index contributed by atoms with van der Waals surface area (Å²) in [7, 11) is 1.51. The molecule has 0 amide bonds. The molecule has 0 unspecified atom stereocenters. The lowest BCUT2D eigenvalue weighted by atomic mass is 10.0. The van der Waals surface area contributed by atoms with E-state index in [0.29, 0.717) is 16.5 Å². The van der Waals surface area contributed by atoms with Crippen molar-refractivity contribution in [3.63, 3.8) is 0 Å². The average Bonchev–Trinajstić information content (AvgIpc) is 2.39. The molecule has 1 aromatic heterocycles. The molecule has 0 saturated heterocycles. The minimum atomic E-state index is -0.478. The zero-order valence-electron chi connectivity index (χ0n) is 9.64. The van der Waals surface area contributed by atoms with E-state index in [2.05, 4.69) is 4.98 Å². The van der Waals surface area contributed by atoms with Gasteiger partial charge >= 0.3 is 0 Å². The quantitative estimate of drug-likeness (QED) is 0.667. The van der Waals surface area contributed by atoms with Crippen LogP contribution in [0.4, 0.5) is 4.39 Å². The number of fused-ring (bicyclic) bond motifs is 2. The Hall–Kier alpha value is -2.36. The first-order chi connectivity index (χ1) is 8.72. The number of hydrogen-bond donors (Lipinski definition) is 1. The molecular formula is C14H10FNO2. The Kier molecular flexibility index (Phi) is 2.30. The van der Waals surface area contributed by atoms with E-state index >= 15 is 0 Å². The number of hydrogen-bond acceptors (Lipinski definition) is 3. The molecule has 90 valence electrons. The molecule has 0 fully saturated rings. The fourth-order valence-corrected chi connectivity index (χ4v) is 2.15. The Bertz CT molecular complexity index is 755. The van der Waals surface area contributed by atoms with Crippen molar-refractivity contribution < 1.29 is 14.2 Å². The third-order valence-corrected chi connectivity index (χ3v) is 3.02. The van der Waals surface area contributed by atoms with Crippen LogP contribution in [-0.2, 0) is 0 Å². The maximum atomic E-state index is 13.9. The molecule has 0 radical (unpaired) electrons. The highest BCUT2D eigenvalue weighted by Crippen LogP contribution is 2.38. The van der Waals surface area contributed by atoms with Crippen LogP contribution in [0.2, 0.25) is 0 Å². The van der Waals surface area contributed by atoms with Crippen LogP contribution in [0, 0.1) is 5.82 Å². The molecule has 0 atom stereocenters. The first-order valence-electron chi connectivity index (χ1n) is 5.44. The minimum Gasteiger partial charge on any atom is -0.506 e. The number of phenols is 1. The van der Waals surface area contributed by atoms with Crippen LogP contribution < -0.4 is 4.74 Å². The van der Waals surface area contributed by atoms with Gasteiger partial charge in [-0.2, -0.15) is 0 Å². The molecule has 1 N–H and O–H groups in total. The highest BCUT2D eigenvalue weighted by Gasteiger charge is 2.14. The van der Waals surface area contributed by atoms with Crippen LogP contribution in [0.1, 0.15) is 0 Å². The lowest BCUT2D eigenvalue weighted by Gasteiger charge is -2.10. The Morgan fingerprint density at radius 3 is 2.83 bits per heavy atom. The van der Waals surface area contributed by atoms with Crippen molar-refractivity contribution in [3.05, 3.63) is 42.5 Å². The van der Waals surface area contributed by atoms with Gasteiger partial charge in [0.1, 0.15) is 17.3 Å². The van der Waals surface area contributed by atoms with Gasteiger partial charge in [0.25, 0.3) is 0 Å². The van der Waals surface area contributed by atoms with Crippen LogP contribution in [0.15, 0.2) is 36.7 Å². The van der Waals surface area contributed by atoms with Crippen LogP contribution in [0.5, 0.6) is 11.5 Å². The Morgan fingerprint density at radius 2 is 2.06 bits per heavy atom. The van der Waals surface area contributed by atoms with Gasteiger partial charge in [-0.05, 0) is 29.7 Å². The molecular weight excluding hydrogens is 233 g/mol. The predicted octanol–water partition coefficient (Wildman–Crippen LogP) is 3.24. The first kappa shape index (κ1) is 10.8. The standard InChI is InChI=1S/C14H10FNO2/c1-18-12-3-2-11(15)13-9(12)6-8-4-5-16-7-10(8)14(13)17/h2-7,17H,1H3. The summed E-state index contributed by atoms with van der Waals surface area (Å²) in [5.41, 5.74) is 0. The molecule has 0 spiro atoms. The van der Waals surface area contributed by atoms with Crippen molar-refractivity contribution in [2.45, 2.75) is 0 Å². The summed E-state index contributed by atoms with van der Waals surface area (Å²) >= 11 is 0. The van der Waals surface area contributed by atoms with Gasteiger partial charge in [-0.3, -0.25) is 4.98 Å². The summed E-state index contributed by atoms with van der Waals surface area (Å²) in [6.45, 7) is 0. The highest BCUT2D eigenvalue weighted by atomic mass is 19.1. The second-order valence-electron chi connectivity index (χ2n) is 3.99. The van der Waals surface area contributed by atoms with Crippen LogP contribution >= 0.6 is 0 Å². The van der Waals surface area contributed by atoms with Crippen molar-refractivity contribution in [2.75, 3.05) is 7.11 Å². The zero-order chi connectivity index (χ0) is 12.7. The highest BCUT2D eigenvalue weighted by molar-refractivity contribution is 6.07. The lowest BCUT2D eigenvalue weighted by molar-refractivity contribution is 0.418. The Labute approximate surface area is 102 Å². The van der Waals surface area contributed by atoms with E-state index < -0.39 is 5.82 Å². The van der Waals surface area contributed by atoms with Crippen LogP contribution in [0.3, 0.4) is 0 Å². The molecule has 0 aliphatic carbocycles. The monoisotopic (exact) mass is 243 g/mol. The summed E-state index contributed by atoms with van der Waals surface area (Å²) < 4.78 is 19.0. The number of ether oxygens (including phenoxy) is 1. The van der Waals surface area contributed by atoms with Crippen LogP contribution in [0.25, 0.3) is 21.5 Å². The van der Waals surface area contributed by atoms with Gasteiger partial charge in [0.2, 0.25) is 0 Å². The third-order valence-electron chi connectivity index (χ3n) is 3.02. The number of nitrogens with zero attached hydrogens (tertiary/aromatic N) is 1. The molecule has 3 aromatic rings. The van der Waals surface area contributed by atoms with Gasteiger partial charge in [-0.25, -0.2) is 4.39 Å². The predicted molar refractivity (Wildman–Crippen MR) is 67.4 cm³/mol. The fourth-order valence-electron chi connectivity index (χ4n) is 2.15. The second-order valence-corrected chi connectivity index (χ2v) is 3.99. The van der Waals surface area contributed by atoms with Gasteiger partial charge < -0.3 is 9.84 Å². The number of rotatable bonds is 1. The Morgan fingerprint density at radius 1 is 1.22 bits per heavy atom. The number of halogens is 1. The number of methoxy groups -OCH3 is 1. The van der Waals surface area contributed by atoms with E-state index in [1.54, 1.807) is 24.4 Å². The lowest BCUT2D eigenvalue weighted by Crippen LogP contribution is -1.89. The second kappa shape index (κ2) is 3.84. The van der Waals surface area contributed by atoms with Gasteiger partial charge in [0, 0.05) is 23.2 Å². The third kappa shape index (κ3) is 1.39. The summed E-state index contributed by atoms with van der Waals surface area (Å²) in [5.74, 6) is -0.0542. The van der Waals surface area contributed by atoms with Gasteiger partial charge in [-0.1, -0.05) is 0 Å². The topological polar surface area (TPSA) is 42.4 Å². The van der Waals surface area contributed by atoms with E-state index in [-0.39, 0.29) is 11.1 Å². The van der Waals surface area contributed by atoms with Crippen molar-refractivity contribution in [1.82, 2.24) is 4.98 Å². The summed E-state index contributed by atoms with van der Waals surface area (Å²) in [6, 6.07) is 6.38. The van der Waals surface area contributed by atoms with E-state index in [4.69, 9.17) is 4.74 Å². The van der Waals surface area contributed by atoms with Crippen molar-refractivity contribution in [1.29, 1.82) is 0 Å². The van der Waals surface area contributed by atoms with Gasteiger partial charge in [0.05, 0.1) is 12.5 Å². The fraction of sp³-hybridized carbons (Fsp3) is 0.0714. The van der Waals surface area contributed by atoms with Gasteiger partial charge in [-0.15, -0.1) is 0 Å². The Balaban J connectivity index is 2.58. The SMILES string of the molecule is COc1ccc(F)c2c(O)c3cnccc3cc12. The molecule has 0 aliphatic heterocycles. The number of benzene rings is 2. The van der Waals surface area contributed by atoms with Crippen molar-refractivity contribution in [3.8, 4) is 11.5 Å². The molecule has 0 aliphatic rings. The molecule has 3 rings (SSSR count). The molecule has 2 aromatic carbocycles. The first-order valence-corrected chi connectivity index (χ1v) is 5.44. The van der Waals surface area contributed by atoms with E-state index in [0.717, 1.165) is 5.39 Å². The maximum absolute atomic E-state index is 13.9. The molecule has 3 nitrogen and oxygen atoms in total.